The Morgan fingerprint density at radius 1 is 1.18 bits per heavy atom. The second-order valence-electron chi connectivity index (χ2n) is 9.23. The molecule has 0 saturated carbocycles. The summed E-state index contributed by atoms with van der Waals surface area (Å²) in [5, 5.41) is 4.49. The molecule has 1 fully saturated rings. The molecule has 1 aromatic carbocycles. The fourth-order valence-corrected chi connectivity index (χ4v) is 6.35. The summed E-state index contributed by atoms with van der Waals surface area (Å²) in [4.78, 5) is 21.6. The lowest BCUT2D eigenvalue weighted by molar-refractivity contribution is 0.248. The summed E-state index contributed by atoms with van der Waals surface area (Å²) in [6, 6.07) is 9.77. The first-order valence-electron chi connectivity index (χ1n) is 11.9. The number of benzene rings is 1. The van der Waals surface area contributed by atoms with Gasteiger partial charge in [-0.15, -0.1) is 0 Å². The standard InChI is InChI=1S/C24H25FN8O3S2/c1-38(27,35)15-4-5-18(16(25)13-15)31-9-6-30(7-10-31)8-11-32-22-21(37-24(32)34)19-14-17(20-3-2-12-36-20)29-33(19)23(26)28-22/h2-5,12-14,27H,6-11H2,1H3,(H2,26,28). The molecule has 0 radical (unpaired) electrons. The smallest absolute Gasteiger partial charge is 0.309 e. The summed E-state index contributed by atoms with van der Waals surface area (Å²) < 4.78 is 43.6. The molecule has 198 valence electrons. The zero-order valence-electron chi connectivity index (χ0n) is 20.5. The summed E-state index contributed by atoms with van der Waals surface area (Å²) in [6.07, 6.45) is 2.85. The van der Waals surface area contributed by atoms with Crippen molar-refractivity contribution in [3.8, 4) is 11.5 Å². The van der Waals surface area contributed by atoms with Crippen molar-refractivity contribution in [3.63, 3.8) is 0 Å². The van der Waals surface area contributed by atoms with Crippen molar-refractivity contribution < 1.29 is 13.0 Å². The van der Waals surface area contributed by atoms with Gasteiger partial charge in [0.1, 0.15) is 16.2 Å². The molecule has 0 bridgehead atoms. The van der Waals surface area contributed by atoms with E-state index < -0.39 is 15.5 Å². The van der Waals surface area contributed by atoms with Gasteiger partial charge in [0.15, 0.2) is 11.4 Å². The summed E-state index contributed by atoms with van der Waals surface area (Å²) in [6.45, 7) is 3.66. The third kappa shape index (κ3) is 4.33. The maximum atomic E-state index is 14.7. The SMILES string of the molecule is CS(=N)(=O)c1ccc(N2CCN(CCn3c(=O)sc4c3nc(N)n3nc(-c5ccco5)cc43)CC2)c(F)c1. The van der Waals surface area contributed by atoms with E-state index in [1.807, 2.05) is 11.0 Å². The minimum Gasteiger partial charge on any atom is -0.463 e. The van der Waals surface area contributed by atoms with Crippen LogP contribution in [0.3, 0.4) is 0 Å². The van der Waals surface area contributed by atoms with Gasteiger partial charge < -0.3 is 15.1 Å². The van der Waals surface area contributed by atoms with Gasteiger partial charge in [-0.2, -0.15) is 14.6 Å². The van der Waals surface area contributed by atoms with Crippen molar-refractivity contribution in [3.05, 3.63) is 58.1 Å². The molecule has 1 aliphatic rings. The van der Waals surface area contributed by atoms with Gasteiger partial charge in [-0.05, 0) is 36.4 Å². The Kier molecular flexibility index (Phi) is 5.96. The molecule has 0 spiro atoms. The number of thiazole rings is 1. The minimum absolute atomic E-state index is 0.122. The lowest BCUT2D eigenvalue weighted by Gasteiger charge is -2.36. The number of nitrogen functional groups attached to an aromatic ring is 1. The largest absolute Gasteiger partial charge is 0.463 e. The molecule has 1 saturated heterocycles. The van der Waals surface area contributed by atoms with E-state index in [0.717, 1.165) is 11.3 Å². The van der Waals surface area contributed by atoms with Crippen LogP contribution in [0.4, 0.5) is 16.0 Å². The second kappa shape index (κ2) is 9.22. The van der Waals surface area contributed by atoms with E-state index >= 15 is 0 Å². The highest BCUT2D eigenvalue weighted by Gasteiger charge is 2.22. The molecule has 38 heavy (non-hydrogen) atoms. The van der Waals surface area contributed by atoms with Crippen LogP contribution in [0, 0.1) is 10.6 Å². The Bertz CT molecular complexity index is 1820. The number of nitrogens with one attached hydrogen (secondary N) is 1. The van der Waals surface area contributed by atoms with Gasteiger partial charge in [0.05, 0.1) is 27.2 Å². The average molecular weight is 557 g/mol. The predicted molar refractivity (Wildman–Crippen MR) is 145 cm³/mol. The number of rotatable bonds is 6. The number of nitrogens with zero attached hydrogens (tertiary/aromatic N) is 6. The molecule has 14 heteroatoms. The van der Waals surface area contributed by atoms with Crippen LogP contribution in [0.15, 0.2) is 56.8 Å². The van der Waals surface area contributed by atoms with Crippen LogP contribution in [0.5, 0.6) is 0 Å². The highest BCUT2D eigenvalue weighted by Crippen LogP contribution is 2.28. The van der Waals surface area contributed by atoms with Crippen LogP contribution < -0.4 is 15.5 Å². The van der Waals surface area contributed by atoms with E-state index in [2.05, 4.69) is 15.0 Å². The van der Waals surface area contributed by atoms with Crippen LogP contribution in [-0.2, 0) is 16.3 Å². The third-order valence-corrected chi connectivity index (χ3v) is 8.89. The molecular formula is C24H25FN8O3S2. The third-order valence-electron chi connectivity index (χ3n) is 6.74. The molecule has 4 aromatic heterocycles. The van der Waals surface area contributed by atoms with Crippen molar-refractivity contribution in [2.45, 2.75) is 11.4 Å². The summed E-state index contributed by atoms with van der Waals surface area (Å²) in [7, 11) is -2.97. The van der Waals surface area contributed by atoms with Gasteiger partial charge in [-0.3, -0.25) is 14.3 Å². The van der Waals surface area contributed by atoms with Crippen molar-refractivity contribution in [1.29, 1.82) is 4.78 Å². The average Bonchev–Trinajstić information content (AvgIpc) is 3.62. The molecular weight excluding hydrogens is 531 g/mol. The molecule has 6 rings (SSSR count). The van der Waals surface area contributed by atoms with Gasteiger partial charge >= 0.3 is 4.87 Å². The van der Waals surface area contributed by atoms with Crippen LogP contribution in [0.2, 0.25) is 0 Å². The number of fused-ring (bicyclic) bond motifs is 3. The lowest BCUT2D eigenvalue weighted by atomic mass is 10.2. The number of anilines is 2. The zero-order chi connectivity index (χ0) is 26.6. The van der Waals surface area contributed by atoms with E-state index in [1.54, 1.807) is 35.1 Å². The quantitative estimate of drug-likeness (QED) is 0.326. The van der Waals surface area contributed by atoms with Gasteiger partial charge in [0, 0.05) is 50.4 Å². The van der Waals surface area contributed by atoms with Gasteiger partial charge in [0.25, 0.3) is 0 Å². The monoisotopic (exact) mass is 556 g/mol. The summed E-state index contributed by atoms with van der Waals surface area (Å²) >= 11 is 1.11. The maximum Gasteiger partial charge on any atom is 0.309 e. The second-order valence-corrected chi connectivity index (χ2v) is 12.4. The Hall–Kier alpha value is -3.75. The van der Waals surface area contributed by atoms with Gasteiger partial charge in [-0.25, -0.2) is 13.4 Å². The van der Waals surface area contributed by atoms with E-state index in [1.165, 1.54) is 16.8 Å². The Balaban J connectivity index is 1.17. The maximum absolute atomic E-state index is 14.7. The first-order chi connectivity index (χ1) is 18.2. The number of hydrogen-bond acceptors (Lipinski definition) is 10. The molecule has 0 amide bonds. The Labute approximate surface area is 220 Å². The van der Waals surface area contributed by atoms with Gasteiger partial charge in [-0.1, -0.05) is 11.3 Å². The molecule has 11 nitrogen and oxygen atoms in total. The Morgan fingerprint density at radius 2 is 1.97 bits per heavy atom. The van der Waals surface area contributed by atoms with Crippen LogP contribution in [0.1, 0.15) is 0 Å². The number of furan rings is 1. The minimum atomic E-state index is -2.97. The van der Waals surface area contributed by atoms with Gasteiger partial charge in [0.2, 0.25) is 5.95 Å². The van der Waals surface area contributed by atoms with E-state index in [-0.39, 0.29) is 15.7 Å². The number of aromatic nitrogens is 4. The fraction of sp³-hybridized carbons (Fsp3) is 0.292. The first-order valence-corrected chi connectivity index (χ1v) is 14.7. The first kappa shape index (κ1) is 24.6. The van der Waals surface area contributed by atoms with Crippen molar-refractivity contribution in [2.24, 2.45) is 0 Å². The molecule has 1 unspecified atom stereocenters. The summed E-state index contributed by atoms with van der Waals surface area (Å²) in [5.74, 6) is 0.311. The molecule has 0 aliphatic carbocycles. The molecule has 1 aliphatic heterocycles. The number of piperazine rings is 1. The number of hydrogen-bond donors (Lipinski definition) is 2. The molecule has 3 N–H and O–H groups in total. The van der Waals surface area contributed by atoms with Crippen LogP contribution in [-0.4, -0.2) is 67.3 Å². The fourth-order valence-electron chi connectivity index (χ4n) is 4.73. The van der Waals surface area contributed by atoms with Crippen LogP contribution >= 0.6 is 11.3 Å². The molecule has 5 heterocycles. The molecule has 5 aromatic rings. The van der Waals surface area contributed by atoms with E-state index in [4.69, 9.17) is 14.9 Å². The zero-order valence-corrected chi connectivity index (χ0v) is 22.1. The summed E-state index contributed by atoms with van der Waals surface area (Å²) in [5.41, 5.74) is 8.47. The predicted octanol–water partition coefficient (Wildman–Crippen LogP) is 2.94. The highest BCUT2D eigenvalue weighted by atomic mass is 32.2. The van der Waals surface area contributed by atoms with Crippen LogP contribution in [0.25, 0.3) is 27.3 Å². The number of halogens is 1. The van der Waals surface area contributed by atoms with Crippen molar-refractivity contribution >= 4 is 48.6 Å². The highest BCUT2D eigenvalue weighted by molar-refractivity contribution is 7.91. The van der Waals surface area contributed by atoms with Crippen molar-refractivity contribution in [2.75, 3.05) is 49.6 Å². The van der Waals surface area contributed by atoms with E-state index in [0.29, 0.717) is 72.3 Å². The lowest BCUT2D eigenvalue weighted by Crippen LogP contribution is -2.47. The number of nitrogens with two attached hydrogens (primary N) is 1. The topological polar surface area (TPSA) is 139 Å². The van der Waals surface area contributed by atoms with E-state index in [9.17, 15) is 13.4 Å². The Morgan fingerprint density at radius 3 is 2.66 bits per heavy atom. The normalized spacial score (nSPS) is 16.4. The van der Waals surface area contributed by atoms with Crippen molar-refractivity contribution in [1.82, 2.24) is 24.1 Å². The molecule has 1 atom stereocenters.